The molecular weight excluding hydrogens is 378 g/mol. The molecule has 30 heavy (non-hydrogen) atoms. The topological polar surface area (TPSA) is 96.9 Å². The second-order valence-corrected chi connectivity index (χ2v) is 6.58. The Morgan fingerprint density at radius 2 is 1.73 bits per heavy atom. The second kappa shape index (κ2) is 9.04. The number of nitrogens with zero attached hydrogens (tertiary/aromatic N) is 4. The third-order valence-electron chi connectivity index (χ3n) is 4.59. The number of fused-ring (bicyclic) bond motifs is 1. The van der Waals surface area contributed by atoms with Gasteiger partial charge in [-0.05, 0) is 42.3 Å². The summed E-state index contributed by atoms with van der Waals surface area (Å²) in [6.45, 7) is 0.661. The smallest absolute Gasteiger partial charge is 0.233 e. The Labute approximate surface area is 174 Å². The highest BCUT2D eigenvalue weighted by molar-refractivity contribution is 5.82. The largest absolute Gasteiger partial charge is 0.496 e. The summed E-state index contributed by atoms with van der Waals surface area (Å²) < 4.78 is 5.41. The Morgan fingerprint density at radius 1 is 0.900 bits per heavy atom. The molecule has 2 aromatic carbocycles. The Hall–Kier alpha value is -3.94. The molecule has 0 aliphatic heterocycles. The zero-order valence-electron chi connectivity index (χ0n) is 16.9. The summed E-state index contributed by atoms with van der Waals surface area (Å²) in [6.07, 6.45) is 2.56. The van der Waals surface area contributed by atoms with Gasteiger partial charge in [0.25, 0.3) is 0 Å². The molecule has 0 saturated carbocycles. The van der Waals surface area contributed by atoms with Crippen LogP contribution in [0.2, 0.25) is 0 Å². The maximum atomic E-state index is 5.41. The van der Waals surface area contributed by atoms with E-state index in [-0.39, 0.29) is 0 Å². The van der Waals surface area contributed by atoms with Crippen molar-refractivity contribution in [3.05, 3.63) is 66.4 Å². The first-order chi connectivity index (χ1) is 14.7. The molecule has 0 atom stereocenters. The minimum absolute atomic E-state index is 0.456. The van der Waals surface area contributed by atoms with Crippen LogP contribution in [0.1, 0.15) is 5.56 Å². The van der Waals surface area contributed by atoms with Crippen molar-refractivity contribution in [3.8, 4) is 5.75 Å². The number of aromatic nitrogens is 4. The van der Waals surface area contributed by atoms with Crippen LogP contribution in [-0.4, -0.2) is 40.6 Å². The molecule has 0 aliphatic rings. The van der Waals surface area contributed by atoms with Gasteiger partial charge in [-0.2, -0.15) is 15.0 Å². The number of rotatable bonds is 8. The van der Waals surface area contributed by atoms with Crippen LogP contribution in [0.3, 0.4) is 0 Å². The Kier molecular flexibility index (Phi) is 5.84. The summed E-state index contributed by atoms with van der Waals surface area (Å²) in [7, 11) is 3.46. The number of pyridine rings is 1. The van der Waals surface area contributed by atoms with Crippen molar-refractivity contribution < 1.29 is 4.74 Å². The van der Waals surface area contributed by atoms with Crippen molar-refractivity contribution in [1.29, 1.82) is 0 Å². The van der Waals surface area contributed by atoms with Crippen LogP contribution in [0.15, 0.2) is 60.8 Å². The molecule has 8 heteroatoms. The maximum absolute atomic E-state index is 5.41. The van der Waals surface area contributed by atoms with Gasteiger partial charge in [0.1, 0.15) is 5.75 Å². The quantitative estimate of drug-likeness (QED) is 0.409. The SMILES string of the molecule is CNc1nc(NCCc2ccccc2OC)nc(Nc2ccc3ncccc3c2)n1. The first-order valence-corrected chi connectivity index (χ1v) is 9.66. The molecule has 0 radical (unpaired) electrons. The standard InChI is InChI=1S/C22H23N7O/c1-23-20-27-21(25-13-11-15-6-3-4-8-19(15)30-2)29-22(28-20)26-17-9-10-18-16(14-17)7-5-12-24-18/h3-10,12,14H,11,13H2,1-2H3,(H3,23,25,26,27,28,29). The zero-order chi connectivity index (χ0) is 20.8. The number of ether oxygens (including phenoxy) is 1. The molecule has 3 N–H and O–H groups in total. The predicted molar refractivity (Wildman–Crippen MR) is 120 cm³/mol. The van der Waals surface area contributed by atoms with Crippen LogP contribution in [0.5, 0.6) is 5.75 Å². The lowest BCUT2D eigenvalue weighted by Gasteiger charge is -2.11. The molecule has 0 bridgehead atoms. The molecule has 4 aromatic rings. The lowest BCUT2D eigenvalue weighted by molar-refractivity contribution is 0.410. The van der Waals surface area contributed by atoms with E-state index in [0.717, 1.165) is 34.3 Å². The van der Waals surface area contributed by atoms with Crippen LogP contribution in [-0.2, 0) is 6.42 Å². The number of benzene rings is 2. The van der Waals surface area contributed by atoms with Crippen LogP contribution in [0.4, 0.5) is 23.5 Å². The Morgan fingerprint density at radius 3 is 2.60 bits per heavy atom. The van der Waals surface area contributed by atoms with Gasteiger partial charge in [-0.15, -0.1) is 0 Å². The van der Waals surface area contributed by atoms with Gasteiger partial charge in [0.05, 0.1) is 12.6 Å². The number of methoxy groups -OCH3 is 1. The molecule has 0 saturated heterocycles. The van der Waals surface area contributed by atoms with Crippen LogP contribution >= 0.6 is 0 Å². The highest BCUT2D eigenvalue weighted by Crippen LogP contribution is 2.21. The van der Waals surface area contributed by atoms with Crippen molar-refractivity contribution in [2.75, 3.05) is 36.7 Å². The highest BCUT2D eigenvalue weighted by Gasteiger charge is 2.08. The van der Waals surface area contributed by atoms with Gasteiger partial charge < -0.3 is 20.7 Å². The van der Waals surface area contributed by atoms with Gasteiger partial charge in [0.2, 0.25) is 17.8 Å². The highest BCUT2D eigenvalue weighted by atomic mass is 16.5. The lowest BCUT2D eigenvalue weighted by Crippen LogP contribution is -2.12. The van der Waals surface area contributed by atoms with Gasteiger partial charge in [-0.3, -0.25) is 4.98 Å². The average molecular weight is 401 g/mol. The van der Waals surface area contributed by atoms with Crippen molar-refractivity contribution in [2.24, 2.45) is 0 Å². The first-order valence-electron chi connectivity index (χ1n) is 9.66. The molecule has 8 nitrogen and oxygen atoms in total. The van der Waals surface area contributed by atoms with Gasteiger partial charge in [0, 0.05) is 30.9 Å². The molecule has 0 amide bonds. The van der Waals surface area contributed by atoms with Crippen LogP contribution in [0, 0.1) is 0 Å². The Bertz CT molecular complexity index is 1150. The fraction of sp³-hybridized carbons (Fsp3) is 0.182. The van der Waals surface area contributed by atoms with E-state index in [1.807, 2.05) is 48.5 Å². The number of nitrogens with one attached hydrogen (secondary N) is 3. The molecule has 4 rings (SSSR count). The fourth-order valence-corrected chi connectivity index (χ4v) is 3.12. The molecule has 0 spiro atoms. The summed E-state index contributed by atoms with van der Waals surface area (Å²) in [5, 5.41) is 10.5. The summed E-state index contributed by atoms with van der Waals surface area (Å²) in [4.78, 5) is 17.6. The van der Waals surface area contributed by atoms with E-state index >= 15 is 0 Å². The van der Waals surface area contributed by atoms with E-state index in [4.69, 9.17) is 4.74 Å². The van der Waals surface area contributed by atoms with Gasteiger partial charge in [-0.1, -0.05) is 24.3 Å². The molecule has 152 valence electrons. The number of para-hydroxylation sites is 1. The minimum Gasteiger partial charge on any atom is -0.496 e. The van der Waals surface area contributed by atoms with Crippen molar-refractivity contribution in [1.82, 2.24) is 19.9 Å². The summed E-state index contributed by atoms with van der Waals surface area (Å²) in [6, 6.07) is 17.8. The van der Waals surface area contributed by atoms with Crippen LogP contribution in [0.25, 0.3) is 10.9 Å². The third kappa shape index (κ3) is 4.54. The van der Waals surface area contributed by atoms with Crippen molar-refractivity contribution >= 4 is 34.4 Å². The molecule has 0 fully saturated rings. The van der Waals surface area contributed by atoms with E-state index in [1.54, 1.807) is 20.4 Å². The first kappa shape index (κ1) is 19.4. The van der Waals surface area contributed by atoms with E-state index in [9.17, 15) is 0 Å². The molecule has 0 aliphatic carbocycles. The van der Waals surface area contributed by atoms with E-state index in [1.165, 1.54) is 0 Å². The van der Waals surface area contributed by atoms with Crippen LogP contribution < -0.4 is 20.7 Å². The van der Waals surface area contributed by atoms with Gasteiger partial charge in [0.15, 0.2) is 0 Å². The maximum Gasteiger partial charge on any atom is 0.233 e. The van der Waals surface area contributed by atoms with E-state index < -0.39 is 0 Å². The average Bonchev–Trinajstić information content (AvgIpc) is 2.79. The zero-order valence-corrected chi connectivity index (χ0v) is 16.9. The van der Waals surface area contributed by atoms with E-state index in [2.05, 4.69) is 42.0 Å². The van der Waals surface area contributed by atoms with Gasteiger partial charge >= 0.3 is 0 Å². The normalized spacial score (nSPS) is 10.6. The Balaban J connectivity index is 1.48. The van der Waals surface area contributed by atoms with E-state index in [0.29, 0.717) is 24.4 Å². The third-order valence-corrected chi connectivity index (χ3v) is 4.59. The summed E-state index contributed by atoms with van der Waals surface area (Å²) in [5.41, 5.74) is 2.94. The lowest BCUT2D eigenvalue weighted by atomic mass is 10.1. The summed E-state index contributed by atoms with van der Waals surface area (Å²) in [5.74, 6) is 2.31. The summed E-state index contributed by atoms with van der Waals surface area (Å²) >= 11 is 0. The monoisotopic (exact) mass is 401 g/mol. The van der Waals surface area contributed by atoms with Gasteiger partial charge in [-0.25, -0.2) is 0 Å². The predicted octanol–water partition coefficient (Wildman–Crippen LogP) is 3.87. The second-order valence-electron chi connectivity index (χ2n) is 6.58. The number of hydrogen-bond donors (Lipinski definition) is 3. The minimum atomic E-state index is 0.456. The fourth-order valence-electron chi connectivity index (χ4n) is 3.12. The molecule has 2 aromatic heterocycles. The van der Waals surface area contributed by atoms with Crippen molar-refractivity contribution in [3.63, 3.8) is 0 Å². The molecule has 0 unspecified atom stereocenters. The molecule has 2 heterocycles. The van der Waals surface area contributed by atoms with Crippen molar-refractivity contribution in [2.45, 2.75) is 6.42 Å². The number of anilines is 4. The number of hydrogen-bond acceptors (Lipinski definition) is 8. The molecular formula is C22H23N7O.